The summed E-state index contributed by atoms with van der Waals surface area (Å²) >= 11 is 3.89. The maximum absolute atomic E-state index is 11.9. The number of amidine groups is 1. The highest BCUT2D eigenvalue weighted by Crippen LogP contribution is 2.21. The summed E-state index contributed by atoms with van der Waals surface area (Å²) in [5, 5.41) is 1.19. The fourth-order valence-corrected chi connectivity index (χ4v) is 1.85. The van der Waals surface area contributed by atoms with Crippen molar-refractivity contribution in [2.45, 2.75) is 19.6 Å². The second-order valence-corrected chi connectivity index (χ2v) is 4.63. The molecule has 0 amide bonds. The lowest BCUT2D eigenvalue weighted by Crippen LogP contribution is -2.17. The topological polar surface area (TPSA) is 104 Å². The van der Waals surface area contributed by atoms with Gasteiger partial charge in [-0.25, -0.2) is 9.79 Å². The van der Waals surface area contributed by atoms with Crippen LogP contribution in [-0.2, 0) is 0 Å². The zero-order chi connectivity index (χ0) is 14.7. The largest absolute Gasteiger partial charge is 0.439 e. The van der Waals surface area contributed by atoms with Crippen molar-refractivity contribution in [2.24, 2.45) is 10.7 Å². The van der Waals surface area contributed by atoms with Crippen molar-refractivity contribution < 1.29 is 9.15 Å². The third-order valence-electron chi connectivity index (χ3n) is 2.64. The van der Waals surface area contributed by atoms with Crippen LogP contribution in [0.1, 0.15) is 13.3 Å². The lowest BCUT2D eigenvalue weighted by atomic mass is 10.2. The Morgan fingerprint density at radius 3 is 2.81 bits per heavy atom. The van der Waals surface area contributed by atoms with Gasteiger partial charge in [-0.1, -0.05) is 13.0 Å². The molecule has 1 atom stereocenters. The number of hydrogen-bond acceptors (Lipinski definition) is 5. The van der Waals surface area contributed by atoms with Gasteiger partial charge in [0.15, 0.2) is 11.4 Å². The lowest BCUT2D eigenvalue weighted by molar-refractivity contribution is 0.154. The number of rotatable bonds is 4. The van der Waals surface area contributed by atoms with Crippen molar-refractivity contribution in [2.75, 3.05) is 5.73 Å². The molecule has 4 N–H and O–H groups in total. The van der Waals surface area contributed by atoms with Crippen LogP contribution in [0.15, 0.2) is 38.5 Å². The highest BCUT2D eigenvalue weighted by Gasteiger charge is 2.11. The molecule has 8 heteroatoms. The summed E-state index contributed by atoms with van der Waals surface area (Å²) in [6, 6.07) is 6.60. The molecule has 21 heavy (non-hydrogen) atoms. The number of anilines is 1. The summed E-state index contributed by atoms with van der Waals surface area (Å²) in [5.74, 6) is 0.0810. The average molecular weight is 374 g/mol. The maximum Gasteiger partial charge on any atom is 0.346 e. The normalized spacial score (nSPS) is 12.8. The Kier molecular flexibility index (Phi) is 6.10. The molecule has 0 aliphatic carbocycles. The van der Waals surface area contributed by atoms with Crippen LogP contribution in [0, 0.1) is 0 Å². The monoisotopic (exact) mass is 373 g/mol. The smallest absolute Gasteiger partial charge is 0.346 e. The lowest BCUT2D eigenvalue weighted by Gasteiger charge is -2.12. The van der Waals surface area contributed by atoms with Crippen LogP contribution in [0.4, 0.5) is 5.69 Å². The van der Waals surface area contributed by atoms with Crippen LogP contribution >= 0.6 is 29.6 Å². The molecule has 0 fully saturated rings. The van der Waals surface area contributed by atoms with E-state index in [0.29, 0.717) is 22.9 Å². The Balaban J connectivity index is 0.00000220. The number of nitrogen functional groups attached to an aromatic ring is 1. The Labute approximate surface area is 137 Å². The minimum atomic E-state index is -0.554. The second kappa shape index (κ2) is 7.37. The molecule has 1 unspecified atom stereocenters. The van der Waals surface area contributed by atoms with E-state index in [1.807, 2.05) is 6.92 Å². The minimum absolute atomic E-state index is 0. The minimum Gasteiger partial charge on any atom is -0.439 e. The van der Waals surface area contributed by atoms with Gasteiger partial charge in [0.1, 0.15) is 0 Å². The van der Waals surface area contributed by atoms with Crippen molar-refractivity contribution in [3.05, 3.63) is 34.7 Å². The van der Waals surface area contributed by atoms with Gasteiger partial charge in [-0.05, 0) is 17.5 Å². The van der Waals surface area contributed by atoms with Crippen LogP contribution in [0.3, 0.4) is 0 Å². The SMILES string of the molecule is Br.CCC(N=C(N)S)Oc1cc2ccc(N)cc2c(=O)o1. The first-order valence-corrected chi connectivity index (χ1v) is 6.46. The number of nitrogens with zero attached hydrogens (tertiary/aromatic N) is 1. The molecule has 0 radical (unpaired) electrons. The third-order valence-corrected chi connectivity index (χ3v) is 2.76. The van der Waals surface area contributed by atoms with E-state index >= 15 is 0 Å². The Morgan fingerprint density at radius 2 is 2.19 bits per heavy atom. The molecule has 6 nitrogen and oxygen atoms in total. The van der Waals surface area contributed by atoms with Gasteiger partial charge >= 0.3 is 5.63 Å². The molecular formula is C13H16BrN3O3S. The van der Waals surface area contributed by atoms with Gasteiger partial charge in [-0.2, -0.15) is 0 Å². The number of fused-ring (bicyclic) bond motifs is 1. The Bertz CT molecular complexity index is 713. The van der Waals surface area contributed by atoms with Gasteiger partial charge in [0, 0.05) is 18.2 Å². The van der Waals surface area contributed by atoms with E-state index in [1.54, 1.807) is 24.3 Å². The van der Waals surface area contributed by atoms with Crippen LogP contribution in [0.25, 0.3) is 10.8 Å². The molecule has 0 aliphatic heterocycles. The zero-order valence-corrected chi connectivity index (χ0v) is 13.9. The summed E-state index contributed by atoms with van der Waals surface area (Å²) in [5.41, 5.74) is 11.0. The molecular weight excluding hydrogens is 358 g/mol. The van der Waals surface area contributed by atoms with Gasteiger partial charge in [0.25, 0.3) is 5.95 Å². The summed E-state index contributed by atoms with van der Waals surface area (Å²) in [7, 11) is 0. The van der Waals surface area contributed by atoms with Gasteiger partial charge < -0.3 is 20.6 Å². The molecule has 0 bridgehead atoms. The maximum atomic E-state index is 11.9. The van der Waals surface area contributed by atoms with E-state index in [4.69, 9.17) is 20.6 Å². The van der Waals surface area contributed by atoms with E-state index in [2.05, 4.69) is 17.6 Å². The first-order chi connectivity index (χ1) is 9.49. The van der Waals surface area contributed by atoms with Crippen LogP contribution in [-0.4, -0.2) is 11.4 Å². The number of hydrogen-bond donors (Lipinski definition) is 3. The molecule has 1 aromatic heterocycles. The van der Waals surface area contributed by atoms with Gasteiger partial charge in [0.05, 0.1) is 5.39 Å². The molecule has 1 heterocycles. The van der Waals surface area contributed by atoms with Crippen molar-refractivity contribution in [3.8, 4) is 5.95 Å². The van der Waals surface area contributed by atoms with E-state index in [1.165, 1.54) is 0 Å². The Hall–Kier alpha value is -1.67. The predicted molar refractivity (Wildman–Crippen MR) is 92.5 cm³/mol. The van der Waals surface area contributed by atoms with E-state index in [9.17, 15) is 4.79 Å². The van der Waals surface area contributed by atoms with Gasteiger partial charge in [0.2, 0.25) is 0 Å². The molecule has 0 saturated heterocycles. The van der Waals surface area contributed by atoms with Crippen molar-refractivity contribution in [1.82, 2.24) is 0 Å². The highest BCUT2D eigenvalue weighted by molar-refractivity contribution is 8.93. The molecule has 0 spiro atoms. The first-order valence-electron chi connectivity index (χ1n) is 6.02. The molecule has 1 aromatic carbocycles. The summed E-state index contributed by atoms with van der Waals surface area (Å²) in [4.78, 5) is 15.8. The predicted octanol–water partition coefficient (Wildman–Crippen LogP) is 2.31. The standard InChI is InChI=1S/C13H15N3O3S.BrH/c1-2-10(16-13(15)20)18-11-5-7-3-4-8(14)6-9(7)12(17)19-11;/h3-6,10H,2,14H2,1H3,(H3,15,16,20);1H. The van der Waals surface area contributed by atoms with Crippen molar-refractivity contribution >= 4 is 51.2 Å². The number of nitrogens with two attached hydrogens (primary N) is 2. The molecule has 2 aromatic rings. The first kappa shape index (κ1) is 17.4. The number of aliphatic imine (C=N–C) groups is 1. The quantitative estimate of drug-likeness (QED) is 0.330. The van der Waals surface area contributed by atoms with E-state index in [0.717, 1.165) is 0 Å². The van der Waals surface area contributed by atoms with E-state index < -0.39 is 11.9 Å². The number of ether oxygens (including phenoxy) is 1. The van der Waals surface area contributed by atoms with Crippen molar-refractivity contribution in [3.63, 3.8) is 0 Å². The summed E-state index contributed by atoms with van der Waals surface area (Å²) in [6.07, 6.45) is 0.00645. The van der Waals surface area contributed by atoms with Crippen LogP contribution < -0.4 is 21.8 Å². The molecule has 0 saturated carbocycles. The summed E-state index contributed by atoms with van der Waals surface area (Å²) < 4.78 is 10.6. The fourth-order valence-electron chi connectivity index (χ4n) is 1.72. The molecule has 2 rings (SSSR count). The number of thiol groups is 1. The average Bonchev–Trinajstić information content (AvgIpc) is 2.38. The van der Waals surface area contributed by atoms with Crippen LogP contribution in [0.5, 0.6) is 5.95 Å². The van der Waals surface area contributed by atoms with Crippen LogP contribution in [0.2, 0.25) is 0 Å². The summed E-state index contributed by atoms with van der Waals surface area (Å²) in [6.45, 7) is 1.87. The van der Waals surface area contributed by atoms with Gasteiger partial charge in [-0.15, -0.1) is 29.6 Å². The van der Waals surface area contributed by atoms with Gasteiger partial charge in [-0.3, -0.25) is 0 Å². The van der Waals surface area contributed by atoms with Crippen molar-refractivity contribution in [1.29, 1.82) is 0 Å². The molecule has 114 valence electrons. The number of halogens is 1. The molecule has 0 aliphatic rings. The highest BCUT2D eigenvalue weighted by atomic mass is 79.9. The number of benzene rings is 1. The third kappa shape index (κ3) is 4.40. The second-order valence-electron chi connectivity index (χ2n) is 4.17. The zero-order valence-electron chi connectivity index (χ0n) is 11.3. The van der Waals surface area contributed by atoms with E-state index in [-0.39, 0.29) is 28.1 Å². The fraction of sp³-hybridized carbons (Fsp3) is 0.231. The Morgan fingerprint density at radius 1 is 1.48 bits per heavy atom.